The minimum absolute atomic E-state index is 0.0530. The van der Waals surface area contributed by atoms with Crippen LogP contribution < -0.4 is 5.32 Å². The number of nitrogens with one attached hydrogen (secondary N) is 1. The van der Waals surface area contributed by atoms with Gasteiger partial charge in [-0.3, -0.25) is 9.59 Å². The molecule has 31 heavy (non-hydrogen) atoms. The lowest BCUT2D eigenvalue weighted by Gasteiger charge is -2.15. The minimum atomic E-state index is -0.267. The Labute approximate surface area is 189 Å². The molecule has 0 atom stereocenters. The van der Waals surface area contributed by atoms with E-state index in [0.717, 1.165) is 32.2 Å². The van der Waals surface area contributed by atoms with Crippen LogP contribution in [0.2, 0.25) is 0 Å². The average Bonchev–Trinajstić information content (AvgIpc) is 3.10. The molecule has 1 heterocycles. The van der Waals surface area contributed by atoms with Crippen molar-refractivity contribution in [1.82, 2.24) is 9.47 Å². The first kappa shape index (κ1) is 22.3. The van der Waals surface area contributed by atoms with Crippen molar-refractivity contribution in [2.75, 3.05) is 18.9 Å². The van der Waals surface area contributed by atoms with Crippen LogP contribution in [0, 0.1) is 18.3 Å². The molecule has 0 saturated heterocycles. The van der Waals surface area contributed by atoms with Gasteiger partial charge in [0.1, 0.15) is 0 Å². The molecule has 2 amide bonds. The molecule has 6 nitrogen and oxygen atoms in total. The summed E-state index contributed by atoms with van der Waals surface area (Å²) in [5, 5.41) is 12.7. The predicted octanol–water partition coefficient (Wildman–Crippen LogP) is 4.74. The lowest BCUT2D eigenvalue weighted by Crippen LogP contribution is -2.34. The molecule has 7 heteroatoms. The van der Waals surface area contributed by atoms with Gasteiger partial charge in [-0.1, -0.05) is 34.1 Å². The van der Waals surface area contributed by atoms with Crippen molar-refractivity contribution in [2.45, 2.75) is 19.9 Å². The normalized spacial score (nSPS) is 10.9. The first-order chi connectivity index (χ1) is 14.9. The SMILES string of the molecule is Cc1cc(Br)ccc1NC(=O)CN(C)C(=O)/C=C/c1cn(CCC#N)c2ccccc12. The van der Waals surface area contributed by atoms with Crippen molar-refractivity contribution in [3.8, 4) is 6.07 Å². The zero-order valence-electron chi connectivity index (χ0n) is 17.4. The summed E-state index contributed by atoms with van der Waals surface area (Å²) in [6, 6.07) is 15.6. The van der Waals surface area contributed by atoms with Crippen molar-refractivity contribution in [2.24, 2.45) is 0 Å². The predicted molar refractivity (Wildman–Crippen MR) is 126 cm³/mol. The number of anilines is 1. The maximum absolute atomic E-state index is 12.5. The van der Waals surface area contributed by atoms with E-state index in [2.05, 4.69) is 27.3 Å². The lowest BCUT2D eigenvalue weighted by molar-refractivity contribution is -0.129. The van der Waals surface area contributed by atoms with Crippen LogP contribution >= 0.6 is 15.9 Å². The number of hydrogen-bond acceptors (Lipinski definition) is 3. The monoisotopic (exact) mass is 478 g/mol. The second-order valence-corrected chi connectivity index (χ2v) is 8.15. The molecule has 0 bridgehead atoms. The molecule has 0 radical (unpaired) electrons. The van der Waals surface area contributed by atoms with Crippen molar-refractivity contribution >= 4 is 50.4 Å². The number of nitriles is 1. The number of benzene rings is 2. The second kappa shape index (κ2) is 10.1. The number of rotatable bonds is 7. The molecule has 0 fully saturated rings. The van der Waals surface area contributed by atoms with Gasteiger partial charge in [0.25, 0.3) is 0 Å². The third kappa shape index (κ3) is 5.62. The highest BCUT2D eigenvalue weighted by molar-refractivity contribution is 9.10. The van der Waals surface area contributed by atoms with Gasteiger partial charge in [-0.25, -0.2) is 0 Å². The van der Waals surface area contributed by atoms with E-state index in [1.165, 1.54) is 11.0 Å². The molecule has 2 aromatic carbocycles. The number of fused-ring (bicyclic) bond motifs is 1. The molecule has 0 aliphatic carbocycles. The van der Waals surface area contributed by atoms with Gasteiger partial charge in [-0.05, 0) is 42.8 Å². The molecule has 3 rings (SSSR count). The first-order valence-corrected chi connectivity index (χ1v) is 10.6. The summed E-state index contributed by atoms with van der Waals surface area (Å²) in [5.74, 6) is -0.528. The molecule has 0 aliphatic heterocycles. The maximum atomic E-state index is 12.5. The number of aromatic nitrogens is 1. The van der Waals surface area contributed by atoms with Gasteiger partial charge in [-0.15, -0.1) is 0 Å². The molecule has 0 saturated carbocycles. The maximum Gasteiger partial charge on any atom is 0.246 e. The standard InChI is InChI=1S/C24H23BrN4O2/c1-17-14-19(25)9-10-21(17)27-23(30)16-28(2)24(31)11-8-18-15-29(13-5-12-26)22-7-4-3-6-20(18)22/h3-4,6-11,14-15H,5,13,16H2,1-2H3,(H,27,30)/b11-8+. The van der Waals surface area contributed by atoms with Crippen LogP contribution in [0.3, 0.4) is 0 Å². The molecule has 0 unspecified atom stereocenters. The summed E-state index contributed by atoms with van der Waals surface area (Å²) in [5.41, 5.74) is 3.56. The highest BCUT2D eigenvalue weighted by atomic mass is 79.9. The second-order valence-electron chi connectivity index (χ2n) is 7.24. The topological polar surface area (TPSA) is 78.1 Å². The smallest absolute Gasteiger partial charge is 0.246 e. The van der Waals surface area contributed by atoms with Gasteiger partial charge in [0.05, 0.1) is 19.0 Å². The van der Waals surface area contributed by atoms with Crippen LogP contribution in [0.15, 0.2) is 59.2 Å². The van der Waals surface area contributed by atoms with Gasteiger partial charge in [-0.2, -0.15) is 5.26 Å². The Morgan fingerprint density at radius 3 is 2.77 bits per heavy atom. The van der Waals surface area contributed by atoms with E-state index in [4.69, 9.17) is 5.26 Å². The van der Waals surface area contributed by atoms with E-state index in [1.54, 1.807) is 13.1 Å². The van der Waals surface area contributed by atoms with Gasteiger partial charge in [0.15, 0.2) is 0 Å². The van der Waals surface area contributed by atoms with E-state index in [0.29, 0.717) is 13.0 Å². The number of hydrogen-bond donors (Lipinski definition) is 1. The third-order valence-electron chi connectivity index (χ3n) is 4.91. The number of likely N-dealkylation sites (N-methyl/N-ethyl adjacent to an activating group) is 1. The number of nitrogens with zero attached hydrogens (tertiary/aromatic N) is 3. The van der Waals surface area contributed by atoms with Crippen molar-refractivity contribution in [1.29, 1.82) is 5.26 Å². The zero-order valence-corrected chi connectivity index (χ0v) is 19.0. The Morgan fingerprint density at radius 1 is 1.26 bits per heavy atom. The number of halogens is 1. The molecule has 0 spiro atoms. The van der Waals surface area contributed by atoms with Crippen molar-refractivity contribution in [3.63, 3.8) is 0 Å². The molecular weight excluding hydrogens is 456 g/mol. The van der Waals surface area contributed by atoms with Gasteiger partial charge < -0.3 is 14.8 Å². The fraction of sp³-hybridized carbons (Fsp3) is 0.208. The van der Waals surface area contributed by atoms with Gasteiger partial charge in [0, 0.05) is 52.5 Å². The van der Waals surface area contributed by atoms with Crippen molar-refractivity contribution in [3.05, 3.63) is 70.3 Å². The van der Waals surface area contributed by atoms with Gasteiger partial charge >= 0.3 is 0 Å². The Hall–Kier alpha value is -3.37. The summed E-state index contributed by atoms with van der Waals surface area (Å²) in [7, 11) is 1.59. The Morgan fingerprint density at radius 2 is 2.03 bits per heavy atom. The zero-order chi connectivity index (χ0) is 22.4. The Balaban J connectivity index is 1.66. The summed E-state index contributed by atoms with van der Waals surface area (Å²) in [6.45, 7) is 2.45. The molecule has 3 aromatic rings. The summed E-state index contributed by atoms with van der Waals surface area (Å²) >= 11 is 3.40. The number of carbonyl (C=O) groups excluding carboxylic acids is 2. The number of aryl methyl sites for hydroxylation is 2. The number of carbonyl (C=O) groups is 2. The van der Waals surface area contributed by atoms with E-state index < -0.39 is 0 Å². The fourth-order valence-electron chi connectivity index (χ4n) is 3.30. The van der Waals surface area contributed by atoms with E-state index in [9.17, 15) is 9.59 Å². The molecule has 0 aliphatic rings. The Bertz CT molecular complexity index is 1190. The van der Waals surface area contributed by atoms with Crippen molar-refractivity contribution < 1.29 is 9.59 Å². The lowest BCUT2D eigenvalue weighted by atomic mass is 10.1. The quantitative estimate of drug-likeness (QED) is 0.498. The fourth-order valence-corrected chi connectivity index (χ4v) is 3.78. The number of amides is 2. The van der Waals surface area contributed by atoms with Crippen LogP contribution in [0.1, 0.15) is 17.5 Å². The number of para-hydroxylation sites is 1. The first-order valence-electron chi connectivity index (χ1n) is 9.83. The van der Waals surface area contributed by atoms with E-state index in [1.807, 2.05) is 60.2 Å². The average molecular weight is 479 g/mol. The highest BCUT2D eigenvalue weighted by Crippen LogP contribution is 2.23. The van der Waals surface area contributed by atoms with Crippen LogP contribution in [0.4, 0.5) is 5.69 Å². The van der Waals surface area contributed by atoms with Crippen LogP contribution in [0.5, 0.6) is 0 Å². The highest BCUT2D eigenvalue weighted by Gasteiger charge is 2.12. The molecular formula is C24H23BrN4O2. The summed E-state index contributed by atoms with van der Waals surface area (Å²) in [6.07, 6.45) is 5.57. The van der Waals surface area contributed by atoms with Crippen LogP contribution in [-0.2, 0) is 16.1 Å². The summed E-state index contributed by atoms with van der Waals surface area (Å²) in [4.78, 5) is 26.3. The van der Waals surface area contributed by atoms with E-state index >= 15 is 0 Å². The molecule has 1 N–H and O–H groups in total. The largest absolute Gasteiger partial charge is 0.346 e. The van der Waals surface area contributed by atoms with Gasteiger partial charge in [0.2, 0.25) is 11.8 Å². The van der Waals surface area contributed by atoms with Crippen LogP contribution in [-0.4, -0.2) is 34.9 Å². The minimum Gasteiger partial charge on any atom is -0.346 e. The molecule has 1 aromatic heterocycles. The third-order valence-corrected chi connectivity index (χ3v) is 5.40. The Kier molecular flexibility index (Phi) is 7.27. The molecule has 158 valence electrons. The summed E-state index contributed by atoms with van der Waals surface area (Å²) < 4.78 is 2.95. The van der Waals surface area contributed by atoms with E-state index in [-0.39, 0.29) is 18.4 Å². The van der Waals surface area contributed by atoms with Crippen LogP contribution in [0.25, 0.3) is 17.0 Å².